The van der Waals surface area contributed by atoms with Gasteiger partial charge in [0.15, 0.2) is 5.13 Å². The molecule has 1 aromatic heterocycles. The van der Waals surface area contributed by atoms with Gasteiger partial charge in [0.25, 0.3) is 10.0 Å². The van der Waals surface area contributed by atoms with E-state index < -0.39 is 20.7 Å². The third-order valence-electron chi connectivity index (χ3n) is 4.09. The number of rotatable bonds is 6. The first-order valence-electron chi connectivity index (χ1n) is 7.69. The van der Waals surface area contributed by atoms with Gasteiger partial charge in [-0.1, -0.05) is 11.6 Å². The van der Waals surface area contributed by atoms with Crippen LogP contribution in [-0.4, -0.2) is 32.0 Å². The van der Waals surface area contributed by atoms with Gasteiger partial charge in [-0.2, -0.15) is 0 Å². The van der Waals surface area contributed by atoms with Crippen LogP contribution in [0.4, 0.5) is 15.2 Å². The van der Waals surface area contributed by atoms with Crippen LogP contribution in [0.25, 0.3) is 0 Å². The molecule has 3 N–H and O–H groups in total. The van der Waals surface area contributed by atoms with Crippen LogP contribution in [0.5, 0.6) is 0 Å². The van der Waals surface area contributed by atoms with Crippen molar-refractivity contribution in [3.8, 4) is 0 Å². The van der Waals surface area contributed by atoms with E-state index in [1.54, 1.807) is 5.38 Å². The fourth-order valence-corrected chi connectivity index (χ4v) is 4.88. The standard InChI is InChI=1S/C15H18ClFN4O2S2/c1-15(3-2-4-20-15)9-19-12-8-11(17)13(7-10(12)16)25(22,23)21-14-18-5-6-24-14/h5-8,19-20H,2-4,9H2,1H3,(H,18,21). The number of thiazole rings is 1. The molecule has 0 radical (unpaired) electrons. The Balaban J connectivity index is 1.80. The minimum atomic E-state index is -4.10. The Hall–Kier alpha value is -1.42. The second kappa shape index (κ2) is 7.06. The molecule has 1 saturated heterocycles. The van der Waals surface area contributed by atoms with Crippen LogP contribution in [0.3, 0.4) is 0 Å². The predicted molar refractivity (Wildman–Crippen MR) is 98.5 cm³/mol. The van der Waals surface area contributed by atoms with E-state index in [2.05, 4.69) is 27.3 Å². The number of hydrogen-bond donors (Lipinski definition) is 3. The summed E-state index contributed by atoms with van der Waals surface area (Å²) in [6.07, 6.45) is 3.54. The molecule has 2 aromatic rings. The van der Waals surface area contributed by atoms with Crippen LogP contribution in [0.2, 0.25) is 5.02 Å². The summed E-state index contributed by atoms with van der Waals surface area (Å²) < 4.78 is 41.3. The summed E-state index contributed by atoms with van der Waals surface area (Å²) in [5.74, 6) is -0.875. The number of hydrogen-bond acceptors (Lipinski definition) is 6. The topological polar surface area (TPSA) is 83.1 Å². The average Bonchev–Trinajstić information content (AvgIpc) is 3.19. The normalized spacial score (nSPS) is 20.6. The first-order chi connectivity index (χ1) is 11.8. The molecule has 10 heteroatoms. The van der Waals surface area contributed by atoms with E-state index >= 15 is 0 Å². The second-order valence-corrected chi connectivity index (χ2v) is 9.10. The number of aromatic nitrogens is 1. The average molecular weight is 405 g/mol. The fraction of sp³-hybridized carbons (Fsp3) is 0.400. The first-order valence-corrected chi connectivity index (χ1v) is 10.4. The van der Waals surface area contributed by atoms with E-state index in [1.807, 2.05) is 0 Å². The number of anilines is 2. The van der Waals surface area contributed by atoms with Gasteiger partial charge in [0.2, 0.25) is 0 Å². The summed E-state index contributed by atoms with van der Waals surface area (Å²) in [5.41, 5.74) is 0.277. The van der Waals surface area contributed by atoms with Gasteiger partial charge in [-0.25, -0.2) is 17.8 Å². The largest absolute Gasteiger partial charge is 0.382 e. The fourth-order valence-electron chi connectivity index (χ4n) is 2.71. The Bertz CT molecular complexity index is 853. The Kier molecular flexibility index (Phi) is 5.19. The molecule has 1 aliphatic heterocycles. The molecular weight excluding hydrogens is 387 g/mol. The van der Waals surface area contributed by atoms with Gasteiger partial charge in [-0.05, 0) is 38.4 Å². The van der Waals surface area contributed by atoms with Crippen molar-refractivity contribution in [2.45, 2.75) is 30.2 Å². The summed E-state index contributed by atoms with van der Waals surface area (Å²) in [6, 6.07) is 2.22. The van der Waals surface area contributed by atoms with Gasteiger partial charge in [0.1, 0.15) is 10.7 Å². The summed E-state index contributed by atoms with van der Waals surface area (Å²) in [7, 11) is -4.10. The number of benzene rings is 1. The second-order valence-electron chi connectivity index (χ2n) is 6.15. The van der Waals surface area contributed by atoms with Crippen molar-refractivity contribution in [1.82, 2.24) is 10.3 Å². The van der Waals surface area contributed by atoms with E-state index in [0.717, 1.165) is 42.9 Å². The van der Waals surface area contributed by atoms with Crippen molar-refractivity contribution < 1.29 is 12.8 Å². The third kappa shape index (κ3) is 4.22. The van der Waals surface area contributed by atoms with Gasteiger partial charge >= 0.3 is 0 Å². The number of nitrogens with one attached hydrogen (secondary N) is 3. The molecule has 25 heavy (non-hydrogen) atoms. The van der Waals surface area contributed by atoms with Gasteiger partial charge in [-0.3, -0.25) is 4.72 Å². The summed E-state index contributed by atoms with van der Waals surface area (Å²) >= 11 is 7.27. The van der Waals surface area contributed by atoms with E-state index in [9.17, 15) is 12.8 Å². The lowest BCUT2D eigenvalue weighted by Gasteiger charge is -2.25. The third-order valence-corrected chi connectivity index (χ3v) is 6.58. The van der Waals surface area contributed by atoms with Crippen LogP contribution >= 0.6 is 22.9 Å². The molecule has 1 fully saturated rings. The maximum atomic E-state index is 14.4. The number of nitrogens with zero attached hydrogens (tertiary/aromatic N) is 1. The number of halogens is 2. The zero-order valence-corrected chi connectivity index (χ0v) is 15.9. The molecule has 6 nitrogen and oxygen atoms in total. The van der Waals surface area contributed by atoms with E-state index in [4.69, 9.17) is 11.6 Å². The highest BCUT2D eigenvalue weighted by Crippen LogP contribution is 2.30. The molecule has 0 aliphatic carbocycles. The quantitative estimate of drug-likeness (QED) is 0.688. The van der Waals surface area contributed by atoms with Crippen LogP contribution < -0.4 is 15.4 Å². The van der Waals surface area contributed by atoms with E-state index in [0.29, 0.717) is 12.2 Å². The maximum absolute atomic E-state index is 14.4. The maximum Gasteiger partial charge on any atom is 0.266 e. The molecular formula is C15H18ClFN4O2S2. The molecule has 0 spiro atoms. The van der Waals surface area contributed by atoms with Crippen molar-refractivity contribution in [3.05, 3.63) is 34.5 Å². The molecule has 0 bridgehead atoms. The lowest BCUT2D eigenvalue weighted by molar-refractivity contribution is 0.439. The summed E-state index contributed by atoms with van der Waals surface area (Å²) in [6.45, 7) is 3.59. The van der Waals surface area contributed by atoms with Crippen molar-refractivity contribution >= 4 is 43.8 Å². The zero-order valence-electron chi connectivity index (χ0n) is 13.5. The van der Waals surface area contributed by atoms with Crippen LogP contribution in [0, 0.1) is 5.82 Å². The minimum Gasteiger partial charge on any atom is -0.382 e. The van der Waals surface area contributed by atoms with Gasteiger partial charge < -0.3 is 10.6 Å². The smallest absolute Gasteiger partial charge is 0.266 e. The molecule has 0 amide bonds. The van der Waals surface area contributed by atoms with Gasteiger partial charge in [0.05, 0.1) is 10.7 Å². The lowest BCUT2D eigenvalue weighted by atomic mass is 10.0. The zero-order chi connectivity index (χ0) is 18.1. The summed E-state index contributed by atoms with van der Waals surface area (Å²) in [5, 5.41) is 8.41. The monoisotopic (exact) mass is 404 g/mol. The van der Waals surface area contributed by atoms with Crippen molar-refractivity contribution in [1.29, 1.82) is 0 Å². The summed E-state index contributed by atoms with van der Waals surface area (Å²) in [4.78, 5) is 3.32. The lowest BCUT2D eigenvalue weighted by Crippen LogP contribution is -2.42. The molecule has 0 saturated carbocycles. The molecule has 1 aliphatic rings. The van der Waals surface area contributed by atoms with Crippen LogP contribution in [0.15, 0.2) is 28.6 Å². The molecule has 136 valence electrons. The molecule has 3 rings (SSSR count). The molecule has 2 heterocycles. The Morgan fingerprint density at radius 2 is 2.28 bits per heavy atom. The first kappa shape index (κ1) is 18.4. The van der Waals surface area contributed by atoms with Crippen molar-refractivity contribution in [2.75, 3.05) is 23.1 Å². The Morgan fingerprint density at radius 1 is 1.48 bits per heavy atom. The highest BCUT2D eigenvalue weighted by molar-refractivity contribution is 7.93. The van der Waals surface area contributed by atoms with Crippen molar-refractivity contribution in [2.24, 2.45) is 0 Å². The predicted octanol–water partition coefficient (Wildman–Crippen LogP) is 3.29. The van der Waals surface area contributed by atoms with Gasteiger partial charge in [-0.15, -0.1) is 11.3 Å². The Morgan fingerprint density at radius 3 is 2.92 bits per heavy atom. The minimum absolute atomic E-state index is 0.0864. The molecule has 1 unspecified atom stereocenters. The Labute approximate surface area is 154 Å². The highest BCUT2D eigenvalue weighted by atomic mass is 35.5. The van der Waals surface area contributed by atoms with Gasteiger partial charge in [0, 0.05) is 23.7 Å². The van der Waals surface area contributed by atoms with Crippen LogP contribution in [-0.2, 0) is 10.0 Å². The van der Waals surface area contributed by atoms with Crippen molar-refractivity contribution in [3.63, 3.8) is 0 Å². The van der Waals surface area contributed by atoms with E-state index in [-0.39, 0.29) is 15.7 Å². The van der Waals surface area contributed by atoms with Crippen LogP contribution in [0.1, 0.15) is 19.8 Å². The highest BCUT2D eigenvalue weighted by Gasteiger charge is 2.28. The SMILES string of the molecule is CC1(CNc2cc(F)c(S(=O)(=O)Nc3nccs3)cc2Cl)CCCN1. The van der Waals surface area contributed by atoms with E-state index in [1.165, 1.54) is 6.20 Å². The number of sulfonamides is 1. The molecule has 1 atom stereocenters. The molecule has 1 aromatic carbocycles.